The Labute approximate surface area is 349 Å². The Morgan fingerprint density at radius 3 is 1.68 bits per heavy atom. The maximum Gasteiger partial charge on any atom is 0.182 e. The average molecular weight is 780 g/mol. The fourth-order valence-electron chi connectivity index (χ4n) is 12.2. The summed E-state index contributed by atoms with van der Waals surface area (Å²) in [6.45, 7) is 4.51. The molecule has 10 aromatic rings. The molecule has 4 heterocycles. The van der Waals surface area contributed by atoms with E-state index in [1.165, 1.54) is 110 Å². The molecule has 0 saturated carbocycles. The number of nitrogens with zero attached hydrogens (tertiary/aromatic N) is 1. The minimum Gasteiger partial charge on any atom is -0.456 e. The molecule has 3 heteroatoms. The number of furan rings is 1. The number of hydrogen-bond donors (Lipinski definition) is 0. The second kappa shape index (κ2) is 11.3. The Morgan fingerprint density at radius 2 is 0.967 bits per heavy atom. The van der Waals surface area contributed by atoms with Crippen molar-refractivity contribution < 1.29 is 4.42 Å². The second-order valence-electron chi connectivity index (χ2n) is 17.2. The van der Waals surface area contributed by atoms with Crippen molar-refractivity contribution >= 4 is 67.8 Å². The van der Waals surface area contributed by atoms with Gasteiger partial charge in [-0.2, -0.15) is 0 Å². The van der Waals surface area contributed by atoms with Crippen molar-refractivity contribution in [3.63, 3.8) is 0 Å². The lowest BCUT2D eigenvalue weighted by Gasteiger charge is -2.45. The number of para-hydroxylation sites is 3. The zero-order valence-corrected chi connectivity index (χ0v) is 34.3. The van der Waals surface area contributed by atoms with Crippen molar-refractivity contribution in [1.29, 1.82) is 0 Å². The van der Waals surface area contributed by atoms with Crippen molar-refractivity contribution in [2.24, 2.45) is 0 Å². The second-order valence-corrected chi connectivity index (χ2v) is 20.9. The molecule has 0 saturated heterocycles. The highest BCUT2D eigenvalue weighted by Crippen LogP contribution is 2.64. The molecule has 60 heavy (non-hydrogen) atoms. The van der Waals surface area contributed by atoms with Crippen molar-refractivity contribution in [3.8, 4) is 33.4 Å². The minimum atomic E-state index is -2.70. The van der Waals surface area contributed by atoms with Gasteiger partial charge < -0.3 is 9.32 Å². The Hall–Kier alpha value is -7.20. The SMILES string of the molecule is Cc1ccc2c(c1)[Si]1(c3ccccc3-c3ccc(N4c5ccccc5C5(c6ccccc6-c6c5ccc5oc7ccccc7c65)c5ccccc54)cc31)c1cc(C)ccc1-2. The molecule has 1 aromatic heterocycles. The van der Waals surface area contributed by atoms with Crippen LogP contribution in [0.5, 0.6) is 0 Å². The summed E-state index contributed by atoms with van der Waals surface area (Å²) in [5, 5.41) is 8.38. The molecule has 280 valence electrons. The number of fused-ring (bicyclic) bond motifs is 23. The molecule has 9 aromatic carbocycles. The van der Waals surface area contributed by atoms with Crippen LogP contribution in [0, 0.1) is 13.8 Å². The topological polar surface area (TPSA) is 16.4 Å². The molecule has 2 spiro atoms. The van der Waals surface area contributed by atoms with E-state index < -0.39 is 13.5 Å². The predicted molar refractivity (Wildman–Crippen MR) is 250 cm³/mol. The molecule has 0 unspecified atom stereocenters. The molecule has 3 aliphatic heterocycles. The summed E-state index contributed by atoms with van der Waals surface area (Å²) in [4.78, 5) is 2.57. The highest BCUT2D eigenvalue weighted by atomic mass is 28.3. The average Bonchev–Trinajstić information content (AvgIpc) is 3.99. The van der Waals surface area contributed by atoms with Gasteiger partial charge in [0.05, 0.1) is 16.8 Å². The number of rotatable bonds is 1. The van der Waals surface area contributed by atoms with Crippen LogP contribution in [0.15, 0.2) is 192 Å². The van der Waals surface area contributed by atoms with Gasteiger partial charge in [0.2, 0.25) is 0 Å². The van der Waals surface area contributed by atoms with Crippen LogP contribution in [0.2, 0.25) is 0 Å². The minimum absolute atomic E-state index is 0.538. The van der Waals surface area contributed by atoms with E-state index in [-0.39, 0.29) is 0 Å². The van der Waals surface area contributed by atoms with E-state index in [9.17, 15) is 0 Å². The number of hydrogen-bond acceptors (Lipinski definition) is 2. The van der Waals surface area contributed by atoms with Crippen molar-refractivity contribution in [2.75, 3.05) is 4.90 Å². The molecular weight excluding hydrogens is 743 g/mol. The lowest BCUT2D eigenvalue weighted by Crippen LogP contribution is -2.70. The fraction of sp³-hybridized carbons (Fsp3) is 0.0526. The smallest absolute Gasteiger partial charge is 0.182 e. The first-order valence-corrected chi connectivity index (χ1v) is 23.1. The van der Waals surface area contributed by atoms with E-state index in [1.54, 1.807) is 0 Å². The maximum absolute atomic E-state index is 6.53. The summed E-state index contributed by atoms with van der Waals surface area (Å²) < 4.78 is 6.53. The van der Waals surface area contributed by atoms with Crippen molar-refractivity contribution in [2.45, 2.75) is 19.3 Å². The summed E-state index contributed by atoms with van der Waals surface area (Å²) >= 11 is 0. The molecule has 0 fully saturated rings. The molecule has 14 rings (SSSR count). The fourth-order valence-corrected chi connectivity index (χ4v) is 18.1. The largest absolute Gasteiger partial charge is 0.456 e. The van der Waals surface area contributed by atoms with Crippen LogP contribution in [-0.4, -0.2) is 8.07 Å². The maximum atomic E-state index is 6.53. The van der Waals surface area contributed by atoms with Gasteiger partial charge in [-0.3, -0.25) is 0 Å². The lowest BCUT2D eigenvalue weighted by atomic mass is 9.64. The summed E-state index contributed by atoms with van der Waals surface area (Å²) in [6, 6.07) is 71.6. The Balaban J connectivity index is 1.06. The predicted octanol–water partition coefficient (Wildman–Crippen LogP) is 11.7. The van der Waals surface area contributed by atoms with Crippen molar-refractivity contribution in [3.05, 3.63) is 221 Å². The zero-order chi connectivity index (χ0) is 39.5. The van der Waals surface area contributed by atoms with Gasteiger partial charge in [-0.15, -0.1) is 0 Å². The van der Waals surface area contributed by atoms with E-state index in [2.05, 4.69) is 207 Å². The quantitative estimate of drug-likeness (QED) is 0.154. The Bertz CT molecular complexity index is 3450. The molecule has 2 nitrogen and oxygen atoms in total. The van der Waals surface area contributed by atoms with Gasteiger partial charge >= 0.3 is 0 Å². The highest BCUT2D eigenvalue weighted by Gasteiger charge is 2.55. The molecule has 0 radical (unpaired) electrons. The van der Waals surface area contributed by atoms with Gasteiger partial charge in [0, 0.05) is 16.5 Å². The molecule has 4 aliphatic rings. The first-order chi connectivity index (χ1) is 29.6. The van der Waals surface area contributed by atoms with E-state index in [0.717, 1.165) is 16.6 Å². The van der Waals surface area contributed by atoms with Crippen LogP contribution < -0.4 is 25.6 Å². The molecule has 0 N–H and O–H groups in total. The molecule has 0 amide bonds. The standard InChI is InChI=1S/C57H37NOSi/c1-34-23-26-38-39-27-24-35(2)32-53(39)60(52(38)31-34)51-22-12-5-13-37(51)40-28-25-36(33-54(40)60)58-47-19-9-7-17-44(47)57(45-18-8-10-20-48(45)58)43-16-6-3-14-41(43)55-46(57)29-30-50-56(55)42-15-4-11-21-49(42)59-50/h3-33H,1-2H3. The zero-order valence-electron chi connectivity index (χ0n) is 33.3. The third-order valence-electron chi connectivity index (χ3n) is 14.4. The monoisotopic (exact) mass is 779 g/mol. The van der Waals surface area contributed by atoms with Gasteiger partial charge in [-0.05, 0) is 127 Å². The van der Waals surface area contributed by atoms with Gasteiger partial charge in [-0.25, -0.2) is 0 Å². The first kappa shape index (κ1) is 32.7. The molecule has 1 aliphatic carbocycles. The first-order valence-electron chi connectivity index (χ1n) is 21.1. The van der Waals surface area contributed by atoms with E-state index >= 15 is 0 Å². The molecule has 0 atom stereocenters. The summed E-state index contributed by atoms with van der Waals surface area (Å²) in [7, 11) is -2.70. The van der Waals surface area contributed by atoms with Crippen LogP contribution in [0.3, 0.4) is 0 Å². The van der Waals surface area contributed by atoms with Crippen molar-refractivity contribution in [1.82, 2.24) is 0 Å². The van der Waals surface area contributed by atoms with E-state index in [1.807, 2.05) is 0 Å². The molecule has 0 bridgehead atoms. The number of benzene rings is 9. The molecular formula is C57H37NOSi. The Kier molecular flexibility index (Phi) is 6.16. The summed E-state index contributed by atoms with van der Waals surface area (Å²) in [5.74, 6) is 0. The van der Waals surface area contributed by atoms with Gasteiger partial charge in [0.1, 0.15) is 11.2 Å². The summed E-state index contributed by atoms with van der Waals surface area (Å²) in [5.41, 5.74) is 20.8. The van der Waals surface area contributed by atoms with Crippen LogP contribution in [0.25, 0.3) is 55.3 Å². The van der Waals surface area contributed by atoms with Gasteiger partial charge in [0.15, 0.2) is 8.07 Å². The highest BCUT2D eigenvalue weighted by molar-refractivity contribution is 7.24. The normalized spacial score (nSPS) is 15.1. The lowest BCUT2D eigenvalue weighted by molar-refractivity contribution is 0.668. The third-order valence-corrected chi connectivity index (χ3v) is 19.3. The summed E-state index contributed by atoms with van der Waals surface area (Å²) in [6.07, 6.45) is 0. The third kappa shape index (κ3) is 3.73. The van der Waals surface area contributed by atoms with Crippen LogP contribution in [-0.2, 0) is 5.41 Å². The van der Waals surface area contributed by atoms with Gasteiger partial charge in [-0.1, -0.05) is 163 Å². The van der Waals surface area contributed by atoms with Crippen LogP contribution >= 0.6 is 0 Å². The van der Waals surface area contributed by atoms with Crippen LogP contribution in [0.4, 0.5) is 17.1 Å². The number of aryl methyl sites for hydroxylation is 2. The van der Waals surface area contributed by atoms with Gasteiger partial charge in [0.25, 0.3) is 0 Å². The number of anilines is 3. The van der Waals surface area contributed by atoms with Crippen LogP contribution in [0.1, 0.15) is 33.4 Å². The van der Waals surface area contributed by atoms with E-state index in [4.69, 9.17) is 4.42 Å². The Morgan fingerprint density at radius 1 is 0.417 bits per heavy atom. The van der Waals surface area contributed by atoms with E-state index in [0.29, 0.717) is 0 Å².